The van der Waals surface area contributed by atoms with Gasteiger partial charge in [0.1, 0.15) is 5.75 Å². The van der Waals surface area contributed by atoms with Crippen molar-refractivity contribution in [1.29, 1.82) is 0 Å². The number of carbonyl (C=O) groups excluding carboxylic acids is 1. The molecule has 0 heterocycles. The third kappa shape index (κ3) is 5.83. The zero-order chi connectivity index (χ0) is 19.1. The zero-order valence-corrected chi connectivity index (χ0v) is 17.4. The maximum absolute atomic E-state index is 12.7. The minimum absolute atomic E-state index is 0.00163. The molecule has 2 saturated carbocycles. The van der Waals surface area contributed by atoms with Gasteiger partial charge in [-0.05, 0) is 74.0 Å². The van der Waals surface area contributed by atoms with E-state index in [1.807, 2.05) is 12.1 Å². The first-order valence-electron chi connectivity index (χ1n) is 11.5. The standard InChI is InChI=1S/C25H38O2/c1-3-5-6-8-20-9-12-22-18-23(14-13-21(22)17-20)25(26)27-24-15-10-19(7-4-2)11-16-24/h10-11,15-16,20-23H,3-9,12-14,17-18H2,1-2H3/t20?,21-,22?,23-/m1/s1. The fourth-order valence-corrected chi connectivity index (χ4v) is 5.36. The maximum atomic E-state index is 12.7. The number of carbonyl (C=O) groups is 1. The molecule has 150 valence electrons. The lowest BCUT2D eigenvalue weighted by molar-refractivity contribution is -0.141. The van der Waals surface area contributed by atoms with Crippen LogP contribution in [0.3, 0.4) is 0 Å². The first kappa shape index (κ1) is 20.4. The molecule has 2 aliphatic carbocycles. The minimum atomic E-state index is 0.00163. The van der Waals surface area contributed by atoms with Gasteiger partial charge in [0.05, 0.1) is 5.92 Å². The number of rotatable bonds is 8. The summed E-state index contributed by atoms with van der Waals surface area (Å²) in [7, 11) is 0. The predicted molar refractivity (Wildman–Crippen MR) is 112 cm³/mol. The van der Waals surface area contributed by atoms with Crippen LogP contribution in [0, 0.1) is 23.7 Å². The van der Waals surface area contributed by atoms with E-state index in [1.165, 1.54) is 56.9 Å². The summed E-state index contributed by atoms with van der Waals surface area (Å²) in [6.07, 6.45) is 15.2. The molecule has 2 nitrogen and oxygen atoms in total. The average molecular weight is 371 g/mol. The van der Waals surface area contributed by atoms with E-state index < -0.39 is 0 Å². The molecule has 2 unspecified atom stereocenters. The van der Waals surface area contributed by atoms with E-state index in [9.17, 15) is 4.79 Å². The highest BCUT2D eigenvalue weighted by Gasteiger charge is 2.38. The maximum Gasteiger partial charge on any atom is 0.314 e. The van der Waals surface area contributed by atoms with Gasteiger partial charge in [0.25, 0.3) is 0 Å². The van der Waals surface area contributed by atoms with Crippen LogP contribution in [0.2, 0.25) is 0 Å². The van der Waals surface area contributed by atoms with Gasteiger partial charge in [-0.25, -0.2) is 0 Å². The molecule has 0 N–H and O–H groups in total. The van der Waals surface area contributed by atoms with E-state index >= 15 is 0 Å². The van der Waals surface area contributed by atoms with Crippen molar-refractivity contribution in [2.24, 2.45) is 23.7 Å². The first-order chi connectivity index (χ1) is 13.2. The molecule has 2 aliphatic rings. The monoisotopic (exact) mass is 370 g/mol. The van der Waals surface area contributed by atoms with Crippen molar-refractivity contribution < 1.29 is 9.53 Å². The van der Waals surface area contributed by atoms with E-state index in [0.717, 1.165) is 43.4 Å². The van der Waals surface area contributed by atoms with Crippen LogP contribution in [-0.2, 0) is 11.2 Å². The quantitative estimate of drug-likeness (QED) is 0.281. The highest BCUT2D eigenvalue weighted by atomic mass is 16.5. The number of ether oxygens (including phenoxy) is 1. The third-order valence-corrected chi connectivity index (χ3v) is 6.95. The Labute approximate surface area is 166 Å². The molecule has 0 aromatic heterocycles. The van der Waals surface area contributed by atoms with Crippen LogP contribution in [0.1, 0.15) is 90.0 Å². The Kier molecular flexibility index (Phi) is 7.79. The molecule has 2 heteroatoms. The molecule has 4 atom stereocenters. The lowest BCUT2D eigenvalue weighted by Gasteiger charge is -2.41. The summed E-state index contributed by atoms with van der Waals surface area (Å²) in [6.45, 7) is 4.47. The molecule has 1 aromatic carbocycles. The van der Waals surface area contributed by atoms with Gasteiger partial charge in [0, 0.05) is 0 Å². The van der Waals surface area contributed by atoms with E-state index in [4.69, 9.17) is 4.74 Å². The molecular formula is C25H38O2. The Morgan fingerprint density at radius 1 is 0.926 bits per heavy atom. The largest absolute Gasteiger partial charge is 0.426 e. The SMILES string of the molecule is CCCCCC1CCC2C[C@H](C(=O)Oc3ccc(CCC)cc3)CC[C@@H]2C1. The second-order valence-electron chi connectivity index (χ2n) is 9.02. The number of unbranched alkanes of at least 4 members (excludes halogenated alkanes) is 2. The van der Waals surface area contributed by atoms with Crippen molar-refractivity contribution in [2.75, 3.05) is 0 Å². The topological polar surface area (TPSA) is 26.3 Å². The Morgan fingerprint density at radius 2 is 1.67 bits per heavy atom. The summed E-state index contributed by atoms with van der Waals surface area (Å²) in [4.78, 5) is 12.7. The molecule has 27 heavy (non-hydrogen) atoms. The lowest BCUT2D eigenvalue weighted by Crippen LogP contribution is -2.35. The van der Waals surface area contributed by atoms with Crippen LogP contribution < -0.4 is 4.74 Å². The van der Waals surface area contributed by atoms with Gasteiger partial charge in [-0.15, -0.1) is 0 Å². The molecule has 0 spiro atoms. The smallest absolute Gasteiger partial charge is 0.314 e. The Balaban J connectivity index is 1.46. The number of hydrogen-bond donors (Lipinski definition) is 0. The summed E-state index contributed by atoms with van der Waals surface area (Å²) in [5.41, 5.74) is 1.31. The number of benzene rings is 1. The summed E-state index contributed by atoms with van der Waals surface area (Å²) < 4.78 is 5.71. The van der Waals surface area contributed by atoms with Crippen molar-refractivity contribution in [3.8, 4) is 5.75 Å². The summed E-state index contributed by atoms with van der Waals surface area (Å²) in [5.74, 6) is 3.39. The second-order valence-corrected chi connectivity index (χ2v) is 9.02. The van der Waals surface area contributed by atoms with Crippen molar-refractivity contribution in [2.45, 2.75) is 90.9 Å². The summed E-state index contributed by atoms with van der Waals surface area (Å²) in [5, 5.41) is 0. The van der Waals surface area contributed by atoms with Gasteiger partial charge in [0.15, 0.2) is 0 Å². The number of hydrogen-bond acceptors (Lipinski definition) is 2. The lowest BCUT2D eigenvalue weighted by atomic mass is 9.64. The molecule has 1 aromatic rings. The Hall–Kier alpha value is -1.31. The third-order valence-electron chi connectivity index (χ3n) is 6.95. The average Bonchev–Trinajstić information content (AvgIpc) is 2.69. The molecule has 2 fully saturated rings. The summed E-state index contributed by atoms with van der Waals surface area (Å²) in [6, 6.07) is 8.08. The van der Waals surface area contributed by atoms with E-state index in [2.05, 4.69) is 26.0 Å². The van der Waals surface area contributed by atoms with Crippen molar-refractivity contribution in [3.63, 3.8) is 0 Å². The molecule has 0 saturated heterocycles. The fourth-order valence-electron chi connectivity index (χ4n) is 5.36. The van der Waals surface area contributed by atoms with Crippen LogP contribution >= 0.6 is 0 Å². The fraction of sp³-hybridized carbons (Fsp3) is 0.720. The van der Waals surface area contributed by atoms with Crippen molar-refractivity contribution >= 4 is 5.97 Å². The number of esters is 1. The highest BCUT2D eigenvalue weighted by molar-refractivity contribution is 5.75. The van der Waals surface area contributed by atoms with Crippen LogP contribution in [-0.4, -0.2) is 5.97 Å². The van der Waals surface area contributed by atoms with Crippen LogP contribution in [0.25, 0.3) is 0 Å². The minimum Gasteiger partial charge on any atom is -0.426 e. The van der Waals surface area contributed by atoms with Gasteiger partial charge in [0.2, 0.25) is 0 Å². The summed E-state index contributed by atoms with van der Waals surface area (Å²) >= 11 is 0. The molecule has 3 rings (SSSR count). The van der Waals surface area contributed by atoms with E-state index in [-0.39, 0.29) is 11.9 Å². The molecular weight excluding hydrogens is 332 g/mol. The highest BCUT2D eigenvalue weighted by Crippen LogP contribution is 2.46. The molecule has 0 amide bonds. The van der Waals surface area contributed by atoms with Crippen LogP contribution in [0.4, 0.5) is 0 Å². The van der Waals surface area contributed by atoms with Crippen molar-refractivity contribution in [1.82, 2.24) is 0 Å². The van der Waals surface area contributed by atoms with E-state index in [0.29, 0.717) is 5.75 Å². The normalized spacial score (nSPS) is 27.8. The van der Waals surface area contributed by atoms with Gasteiger partial charge in [-0.1, -0.05) is 64.5 Å². The number of aryl methyl sites for hydroxylation is 1. The Bertz CT molecular complexity index is 576. The Morgan fingerprint density at radius 3 is 2.41 bits per heavy atom. The van der Waals surface area contributed by atoms with Crippen LogP contribution in [0.5, 0.6) is 5.75 Å². The zero-order valence-electron chi connectivity index (χ0n) is 17.4. The van der Waals surface area contributed by atoms with Crippen LogP contribution in [0.15, 0.2) is 24.3 Å². The van der Waals surface area contributed by atoms with Gasteiger partial charge in [-0.2, -0.15) is 0 Å². The van der Waals surface area contributed by atoms with Gasteiger partial charge < -0.3 is 4.74 Å². The second kappa shape index (κ2) is 10.3. The first-order valence-corrected chi connectivity index (χ1v) is 11.5. The molecule has 0 bridgehead atoms. The predicted octanol–water partition coefficient (Wildman–Crippen LogP) is 6.96. The molecule has 0 aliphatic heterocycles. The number of fused-ring (bicyclic) bond motifs is 1. The van der Waals surface area contributed by atoms with Crippen molar-refractivity contribution in [3.05, 3.63) is 29.8 Å². The van der Waals surface area contributed by atoms with E-state index in [1.54, 1.807) is 0 Å². The molecule has 0 radical (unpaired) electrons. The van der Waals surface area contributed by atoms with Gasteiger partial charge in [-0.3, -0.25) is 4.79 Å². The van der Waals surface area contributed by atoms with Gasteiger partial charge >= 0.3 is 5.97 Å².